The molecule has 1 N–H and O–H groups in total. The van der Waals surface area contributed by atoms with Gasteiger partial charge in [0.1, 0.15) is 5.69 Å². The lowest BCUT2D eigenvalue weighted by atomic mass is 10.1. The average molecular weight is 292 g/mol. The number of halogens is 1. The molecule has 0 spiro atoms. The molecule has 1 unspecified atom stereocenters. The summed E-state index contributed by atoms with van der Waals surface area (Å²) in [6, 6.07) is 9.77. The van der Waals surface area contributed by atoms with Crippen LogP contribution in [-0.2, 0) is 7.05 Å². The Morgan fingerprint density at radius 3 is 2.50 bits per heavy atom. The van der Waals surface area contributed by atoms with E-state index in [9.17, 15) is 9.59 Å². The monoisotopic (exact) mass is 291 g/mol. The Labute approximate surface area is 121 Å². The van der Waals surface area contributed by atoms with E-state index in [1.165, 1.54) is 19.2 Å². The smallest absolute Gasteiger partial charge is 0.272 e. The highest BCUT2D eigenvalue weighted by atomic mass is 35.5. The summed E-state index contributed by atoms with van der Waals surface area (Å²) in [6.45, 7) is 1.86. The van der Waals surface area contributed by atoms with Crippen molar-refractivity contribution in [3.63, 3.8) is 0 Å². The fourth-order valence-corrected chi connectivity index (χ4v) is 1.85. The molecule has 104 valence electrons. The molecule has 0 aliphatic carbocycles. The molecule has 1 aromatic carbocycles. The predicted molar refractivity (Wildman–Crippen MR) is 76.8 cm³/mol. The molecule has 5 nitrogen and oxygen atoms in total. The van der Waals surface area contributed by atoms with Crippen LogP contribution in [0.3, 0.4) is 0 Å². The number of amides is 1. The second-order valence-corrected chi connectivity index (χ2v) is 4.86. The van der Waals surface area contributed by atoms with Crippen LogP contribution in [0.4, 0.5) is 0 Å². The molecule has 0 radical (unpaired) electrons. The molecule has 1 aromatic heterocycles. The van der Waals surface area contributed by atoms with E-state index in [-0.39, 0.29) is 23.2 Å². The van der Waals surface area contributed by atoms with Crippen LogP contribution in [0, 0.1) is 0 Å². The van der Waals surface area contributed by atoms with Crippen molar-refractivity contribution in [2.24, 2.45) is 7.05 Å². The normalized spacial score (nSPS) is 11.9. The minimum Gasteiger partial charge on any atom is -0.344 e. The van der Waals surface area contributed by atoms with Gasteiger partial charge in [0.2, 0.25) is 0 Å². The number of aromatic nitrogens is 2. The van der Waals surface area contributed by atoms with Gasteiger partial charge in [-0.25, -0.2) is 4.68 Å². The molecule has 0 aliphatic rings. The van der Waals surface area contributed by atoms with Crippen LogP contribution in [0.5, 0.6) is 0 Å². The van der Waals surface area contributed by atoms with E-state index in [1.807, 2.05) is 19.1 Å². The molecular weight excluding hydrogens is 278 g/mol. The highest BCUT2D eigenvalue weighted by molar-refractivity contribution is 6.30. The lowest BCUT2D eigenvalue weighted by Crippen LogP contribution is -2.30. The van der Waals surface area contributed by atoms with E-state index in [0.29, 0.717) is 5.02 Å². The first-order valence-electron chi connectivity index (χ1n) is 6.08. The Kier molecular flexibility index (Phi) is 4.20. The summed E-state index contributed by atoms with van der Waals surface area (Å²) in [5, 5.41) is 7.37. The Hall–Kier alpha value is -2.14. The van der Waals surface area contributed by atoms with E-state index < -0.39 is 0 Å². The molecule has 0 aliphatic heterocycles. The van der Waals surface area contributed by atoms with Crippen molar-refractivity contribution in [3.8, 4) is 0 Å². The van der Waals surface area contributed by atoms with Gasteiger partial charge in [0.15, 0.2) is 0 Å². The number of hydrogen-bond donors (Lipinski definition) is 1. The predicted octanol–water partition coefficient (Wildman–Crippen LogP) is 1.92. The highest BCUT2D eigenvalue weighted by Crippen LogP contribution is 2.16. The van der Waals surface area contributed by atoms with Gasteiger partial charge in [0.25, 0.3) is 11.5 Å². The summed E-state index contributed by atoms with van der Waals surface area (Å²) in [6.07, 6.45) is 0. The van der Waals surface area contributed by atoms with Gasteiger partial charge in [-0.15, -0.1) is 0 Å². The van der Waals surface area contributed by atoms with E-state index in [1.54, 1.807) is 12.1 Å². The van der Waals surface area contributed by atoms with Crippen LogP contribution in [-0.4, -0.2) is 15.7 Å². The SMILES string of the molecule is CC(NC(=O)c1ccc(=O)n(C)n1)c1ccc(Cl)cc1. The number of rotatable bonds is 3. The first kappa shape index (κ1) is 14.3. The molecule has 2 rings (SSSR count). The maximum atomic E-state index is 12.0. The second-order valence-electron chi connectivity index (χ2n) is 4.43. The van der Waals surface area contributed by atoms with E-state index in [2.05, 4.69) is 10.4 Å². The van der Waals surface area contributed by atoms with Gasteiger partial charge in [-0.1, -0.05) is 23.7 Å². The van der Waals surface area contributed by atoms with E-state index >= 15 is 0 Å². The Bertz CT molecular complexity index is 680. The number of carbonyl (C=O) groups excluding carboxylic acids is 1. The molecule has 0 bridgehead atoms. The van der Waals surface area contributed by atoms with E-state index in [0.717, 1.165) is 10.2 Å². The summed E-state index contributed by atoms with van der Waals surface area (Å²) < 4.78 is 1.13. The fourth-order valence-electron chi connectivity index (χ4n) is 1.73. The maximum Gasteiger partial charge on any atom is 0.272 e. The molecule has 1 atom stereocenters. The summed E-state index contributed by atoms with van der Waals surface area (Å²) in [4.78, 5) is 23.3. The first-order valence-corrected chi connectivity index (χ1v) is 6.46. The molecule has 6 heteroatoms. The number of nitrogens with one attached hydrogen (secondary N) is 1. The van der Waals surface area contributed by atoms with Crippen molar-refractivity contribution in [3.05, 3.63) is 63.0 Å². The Balaban J connectivity index is 2.12. The van der Waals surface area contributed by atoms with Gasteiger partial charge in [-0.05, 0) is 30.7 Å². The third kappa shape index (κ3) is 3.24. The Morgan fingerprint density at radius 1 is 1.25 bits per heavy atom. The molecule has 0 fully saturated rings. The largest absolute Gasteiger partial charge is 0.344 e. The van der Waals surface area contributed by atoms with Crippen molar-refractivity contribution in [2.45, 2.75) is 13.0 Å². The highest BCUT2D eigenvalue weighted by Gasteiger charge is 2.13. The van der Waals surface area contributed by atoms with Gasteiger partial charge in [0, 0.05) is 18.1 Å². The second kappa shape index (κ2) is 5.88. The minimum atomic E-state index is -0.331. The van der Waals surface area contributed by atoms with Crippen LogP contribution in [0.2, 0.25) is 5.02 Å². The zero-order valence-corrected chi connectivity index (χ0v) is 11.9. The molecule has 1 heterocycles. The number of carbonyl (C=O) groups is 1. The number of benzene rings is 1. The number of aryl methyl sites for hydroxylation is 1. The molecule has 20 heavy (non-hydrogen) atoms. The number of hydrogen-bond acceptors (Lipinski definition) is 3. The van der Waals surface area contributed by atoms with Crippen molar-refractivity contribution in [1.82, 2.24) is 15.1 Å². The molecule has 0 saturated carbocycles. The van der Waals surface area contributed by atoms with Crippen molar-refractivity contribution >= 4 is 17.5 Å². The standard InChI is InChI=1S/C14H14ClN3O2/c1-9(10-3-5-11(15)6-4-10)16-14(20)12-7-8-13(19)18(2)17-12/h3-9H,1-2H3,(H,16,20). The van der Waals surface area contributed by atoms with Crippen LogP contribution >= 0.6 is 11.6 Å². The van der Waals surface area contributed by atoms with Crippen LogP contribution in [0.1, 0.15) is 29.0 Å². The summed E-state index contributed by atoms with van der Waals surface area (Å²) >= 11 is 5.82. The lowest BCUT2D eigenvalue weighted by molar-refractivity contribution is 0.0932. The summed E-state index contributed by atoms with van der Waals surface area (Å²) in [5.74, 6) is -0.331. The Morgan fingerprint density at radius 2 is 1.90 bits per heavy atom. The van der Waals surface area contributed by atoms with Gasteiger partial charge >= 0.3 is 0 Å². The third-order valence-electron chi connectivity index (χ3n) is 2.91. The quantitative estimate of drug-likeness (QED) is 0.940. The minimum absolute atomic E-state index is 0.182. The van der Waals surface area contributed by atoms with Crippen molar-refractivity contribution in [2.75, 3.05) is 0 Å². The zero-order chi connectivity index (χ0) is 14.7. The topological polar surface area (TPSA) is 64.0 Å². The van der Waals surface area contributed by atoms with Crippen LogP contribution in [0.25, 0.3) is 0 Å². The lowest BCUT2D eigenvalue weighted by Gasteiger charge is -2.14. The average Bonchev–Trinajstić information content (AvgIpc) is 2.42. The molecule has 1 amide bonds. The molecular formula is C14H14ClN3O2. The van der Waals surface area contributed by atoms with Crippen LogP contribution in [0.15, 0.2) is 41.2 Å². The van der Waals surface area contributed by atoms with Gasteiger partial charge in [0.05, 0.1) is 6.04 Å². The van der Waals surface area contributed by atoms with Gasteiger partial charge in [-0.2, -0.15) is 5.10 Å². The molecule has 2 aromatic rings. The van der Waals surface area contributed by atoms with Crippen molar-refractivity contribution in [1.29, 1.82) is 0 Å². The van der Waals surface area contributed by atoms with Crippen LogP contribution < -0.4 is 10.9 Å². The number of nitrogens with zero attached hydrogens (tertiary/aromatic N) is 2. The third-order valence-corrected chi connectivity index (χ3v) is 3.16. The van der Waals surface area contributed by atoms with E-state index in [4.69, 9.17) is 11.6 Å². The maximum absolute atomic E-state index is 12.0. The summed E-state index contributed by atoms with van der Waals surface area (Å²) in [5.41, 5.74) is 0.882. The van der Waals surface area contributed by atoms with Gasteiger partial charge < -0.3 is 5.32 Å². The molecule has 0 saturated heterocycles. The van der Waals surface area contributed by atoms with Crippen molar-refractivity contribution < 1.29 is 4.79 Å². The summed E-state index contributed by atoms with van der Waals surface area (Å²) in [7, 11) is 1.50. The zero-order valence-electron chi connectivity index (χ0n) is 11.1. The fraction of sp³-hybridized carbons (Fsp3) is 0.214. The first-order chi connectivity index (χ1) is 9.47. The van der Waals surface area contributed by atoms with Gasteiger partial charge in [-0.3, -0.25) is 9.59 Å².